The molecule has 0 radical (unpaired) electrons. The van der Waals surface area contributed by atoms with E-state index in [0.29, 0.717) is 17.9 Å². The van der Waals surface area contributed by atoms with Gasteiger partial charge in [-0.15, -0.1) is 0 Å². The highest BCUT2D eigenvalue weighted by molar-refractivity contribution is 9.10. The van der Waals surface area contributed by atoms with Gasteiger partial charge in [0.15, 0.2) is 0 Å². The number of aryl methyl sites for hydroxylation is 1. The van der Waals surface area contributed by atoms with Crippen molar-refractivity contribution in [3.05, 3.63) is 27.7 Å². The van der Waals surface area contributed by atoms with Crippen molar-refractivity contribution >= 4 is 21.9 Å². The number of carbonyl (C=O) groups excluding carboxylic acids is 1. The van der Waals surface area contributed by atoms with Crippen molar-refractivity contribution in [1.82, 2.24) is 0 Å². The molecule has 0 atom stereocenters. The fourth-order valence-corrected chi connectivity index (χ4v) is 1.73. The molecule has 82 valence electrons. The number of carbonyl (C=O) groups is 1. The molecule has 0 aliphatic carbocycles. The summed E-state index contributed by atoms with van der Waals surface area (Å²) in [5.74, 6) is 0.156. The highest BCUT2D eigenvalue weighted by atomic mass is 79.9. The number of ether oxygens (including phenoxy) is 2. The van der Waals surface area contributed by atoms with Crippen LogP contribution in [0, 0.1) is 6.92 Å². The second-order valence-corrected chi connectivity index (χ2v) is 3.79. The molecule has 0 saturated heterocycles. The van der Waals surface area contributed by atoms with E-state index >= 15 is 0 Å². The molecule has 0 unspecified atom stereocenters. The van der Waals surface area contributed by atoms with Crippen LogP contribution in [0.1, 0.15) is 22.8 Å². The smallest absolute Gasteiger partial charge is 0.341 e. The number of benzene rings is 1. The lowest BCUT2D eigenvalue weighted by molar-refractivity contribution is 0.0522. The summed E-state index contributed by atoms with van der Waals surface area (Å²) < 4.78 is 10.9. The minimum Gasteiger partial charge on any atom is -0.495 e. The van der Waals surface area contributed by atoms with Gasteiger partial charge in [-0.05, 0) is 41.4 Å². The molecule has 0 heterocycles. The summed E-state index contributed by atoms with van der Waals surface area (Å²) in [7, 11) is 1.53. The zero-order valence-corrected chi connectivity index (χ0v) is 10.6. The standard InChI is InChI=1S/C11H13BrO3/c1-4-15-11(13)8-6-5-7(2)9(12)10(8)14-3/h5-6H,4H2,1-3H3. The van der Waals surface area contributed by atoms with Crippen molar-refractivity contribution < 1.29 is 14.3 Å². The number of esters is 1. The van der Waals surface area contributed by atoms with Gasteiger partial charge in [0, 0.05) is 0 Å². The molecule has 4 heteroatoms. The molecule has 0 fully saturated rings. The molecule has 0 saturated carbocycles. The Kier molecular flexibility index (Phi) is 4.15. The summed E-state index contributed by atoms with van der Waals surface area (Å²) >= 11 is 3.38. The van der Waals surface area contributed by atoms with Gasteiger partial charge >= 0.3 is 5.97 Å². The number of rotatable bonds is 3. The van der Waals surface area contributed by atoms with Gasteiger partial charge in [-0.3, -0.25) is 0 Å². The molecule has 1 aromatic carbocycles. The summed E-state index contributed by atoms with van der Waals surface area (Å²) in [6.07, 6.45) is 0. The van der Waals surface area contributed by atoms with E-state index in [-0.39, 0.29) is 5.97 Å². The lowest BCUT2D eigenvalue weighted by Gasteiger charge is -2.11. The molecule has 0 N–H and O–H groups in total. The molecular weight excluding hydrogens is 260 g/mol. The Morgan fingerprint density at radius 1 is 1.47 bits per heavy atom. The first-order valence-corrected chi connectivity index (χ1v) is 5.41. The van der Waals surface area contributed by atoms with Gasteiger partial charge in [0.05, 0.1) is 18.2 Å². The number of halogens is 1. The lowest BCUT2D eigenvalue weighted by Crippen LogP contribution is -2.07. The van der Waals surface area contributed by atoms with Gasteiger partial charge in [0.25, 0.3) is 0 Å². The van der Waals surface area contributed by atoms with E-state index < -0.39 is 0 Å². The van der Waals surface area contributed by atoms with Crippen LogP contribution in [0.5, 0.6) is 5.75 Å². The zero-order chi connectivity index (χ0) is 11.4. The van der Waals surface area contributed by atoms with Crippen LogP contribution in [-0.4, -0.2) is 19.7 Å². The van der Waals surface area contributed by atoms with E-state index in [4.69, 9.17) is 9.47 Å². The molecule has 15 heavy (non-hydrogen) atoms. The molecule has 1 rings (SSSR count). The van der Waals surface area contributed by atoms with Crippen LogP contribution < -0.4 is 4.74 Å². The minimum absolute atomic E-state index is 0.355. The molecule has 0 aliphatic heterocycles. The van der Waals surface area contributed by atoms with Gasteiger partial charge in [0.1, 0.15) is 11.3 Å². The Morgan fingerprint density at radius 2 is 2.13 bits per heavy atom. The molecule has 0 aromatic heterocycles. The Balaban J connectivity index is 3.18. The molecule has 0 aliphatic rings. The van der Waals surface area contributed by atoms with Crippen molar-refractivity contribution in [2.75, 3.05) is 13.7 Å². The van der Waals surface area contributed by atoms with E-state index in [9.17, 15) is 4.79 Å². The van der Waals surface area contributed by atoms with Crippen LogP contribution in [0.15, 0.2) is 16.6 Å². The third-order valence-electron chi connectivity index (χ3n) is 1.99. The second kappa shape index (κ2) is 5.16. The molecular formula is C11H13BrO3. The molecule has 3 nitrogen and oxygen atoms in total. The average molecular weight is 273 g/mol. The largest absolute Gasteiger partial charge is 0.495 e. The first-order chi connectivity index (χ1) is 7.11. The fraction of sp³-hybridized carbons (Fsp3) is 0.364. The molecule has 1 aromatic rings. The van der Waals surface area contributed by atoms with Crippen LogP contribution in [0.2, 0.25) is 0 Å². The SMILES string of the molecule is CCOC(=O)c1ccc(C)c(Br)c1OC. The van der Waals surface area contributed by atoms with E-state index in [1.165, 1.54) is 7.11 Å². The van der Waals surface area contributed by atoms with Gasteiger partial charge in [-0.25, -0.2) is 4.79 Å². The third-order valence-corrected chi connectivity index (χ3v) is 2.98. The topological polar surface area (TPSA) is 35.5 Å². The Hall–Kier alpha value is -1.03. The Morgan fingerprint density at radius 3 is 2.67 bits per heavy atom. The predicted octanol–water partition coefficient (Wildman–Crippen LogP) is 2.94. The van der Waals surface area contributed by atoms with E-state index in [2.05, 4.69) is 15.9 Å². The maximum Gasteiger partial charge on any atom is 0.341 e. The monoisotopic (exact) mass is 272 g/mol. The second-order valence-electron chi connectivity index (χ2n) is 3.00. The number of hydrogen-bond donors (Lipinski definition) is 0. The lowest BCUT2D eigenvalue weighted by atomic mass is 10.1. The quantitative estimate of drug-likeness (QED) is 0.794. The first-order valence-electron chi connectivity index (χ1n) is 4.62. The molecule has 0 amide bonds. The predicted molar refractivity (Wildman–Crippen MR) is 61.4 cm³/mol. The van der Waals surface area contributed by atoms with Crippen LogP contribution >= 0.6 is 15.9 Å². The van der Waals surface area contributed by atoms with E-state index in [1.54, 1.807) is 13.0 Å². The highest BCUT2D eigenvalue weighted by Crippen LogP contribution is 2.32. The third kappa shape index (κ3) is 2.50. The van der Waals surface area contributed by atoms with Crippen molar-refractivity contribution in [3.63, 3.8) is 0 Å². The Labute approximate surface area is 97.5 Å². The first kappa shape index (κ1) is 12.0. The summed E-state index contributed by atoms with van der Waals surface area (Å²) in [5.41, 5.74) is 1.46. The maximum atomic E-state index is 11.6. The normalized spacial score (nSPS) is 9.87. The summed E-state index contributed by atoms with van der Waals surface area (Å²) in [6, 6.07) is 3.55. The van der Waals surface area contributed by atoms with Crippen molar-refractivity contribution in [2.24, 2.45) is 0 Å². The van der Waals surface area contributed by atoms with Crippen molar-refractivity contribution in [1.29, 1.82) is 0 Å². The minimum atomic E-state index is -0.366. The van der Waals surface area contributed by atoms with E-state index in [0.717, 1.165) is 10.0 Å². The average Bonchev–Trinajstić information content (AvgIpc) is 2.22. The maximum absolute atomic E-state index is 11.6. The Bertz CT molecular complexity index is 374. The summed E-state index contributed by atoms with van der Waals surface area (Å²) in [4.78, 5) is 11.6. The number of hydrogen-bond acceptors (Lipinski definition) is 3. The molecule has 0 spiro atoms. The summed E-state index contributed by atoms with van der Waals surface area (Å²) in [5, 5.41) is 0. The van der Waals surface area contributed by atoms with Crippen molar-refractivity contribution in [3.8, 4) is 5.75 Å². The van der Waals surface area contributed by atoms with Crippen LogP contribution in [0.4, 0.5) is 0 Å². The zero-order valence-electron chi connectivity index (χ0n) is 8.96. The fourth-order valence-electron chi connectivity index (χ4n) is 1.22. The number of methoxy groups -OCH3 is 1. The van der Waals surface area contributed by atoms with Crippen LogP contribution in [0.25, 0.3) is 0 Å². The molecule has 0 bridgehead atoms. The van der Waals surface area contributed by atoms with Gasteiger partial charge in [-0.1, -0.05) is 6.07 Å². The van der Waals surface area contributed by atoms with E-state index in [1.807, 2.05) is 13.0 Å². The van der Waals surface area contributed by atoms with Gasteiger partial charge in [0.2, 0.25) is 0 Å². The van der Waals surface area contributed by atoms with Crippen molar-refractivity contribution in [2.45, 2.75) is 13.8 Å². The van der Waals surface area contributed by atoms with Crippen LogP contribution in [0.3, 0.4) is 0 Å². The summed E-state index contributed by atoms with van der Waals surface area (Å²) in [6.45, 7) is 4.06. The van der Waals surface area contributed by atoms with Gasteiger partial charge < -0.3 is 9.47 Å². The van der Waals surface area contributed by atoms with Gasteiger partial charge in [-0.2, -0.15) is 0 Å². The van der Waals surface area contributed by atoms with Crippen LogP contribution in [-0.2, 0) is 4.74 Å². The highest BCUT2D eigenvalue weighted by Gasteiger charge is 2.16.